The summed E-state index contributed by atoms with van der Waals surface area (Å²) in [5, 5.41) is 19.3. The number of aromatic nitrogens is 2. The van der Waals surface area contributed by atoms with Crippen molar-refractivity contribution in [2.24, 2.45) is 0 Å². The monoisotopic (exact) mass is 295 g/mol. The lowest BCUT2D eigenvalue weighted by atomic mass is 10.2. The van der Waals surface area contributed by atoms with Gasteiger partial charge in [-0.15, -0.1) is 11.3 Å². The predicted molar refractivity (Wildman–Crippen MR) is 78.7 cm³/mol. The van der Waals surface area contributed by atoms with Crippen LogP contribution in [0.5, 0.6) is 0 Å². The minimum atomic E-state index is -0.942. The van der Waals surface area contributed by atoms with Crippen LogP contribution in [0.4, 0.5) is 5.82 Å². The first-order chi connectivity index (χ1) is 9.41. The number of aliphatic hydroxyl groups excluding tert-OH is 1. The summed E-state index contributed by atoms with van der Waals surface area (Å²) in [7, 11) is 1.88. The Morgan fingerprint density at radius 3 is 2.80 bits per heavy atom. The van der Waals surface area contributed by atoms with Crippen molar-refractivity contribution in [3.63, 3.8) is 0 Å². The summed E-state index contributed by atoms with van der Waals surface area (Å²) < 4.78 is 0. The molecule has 2 rings (SSSR count). The molecule has 0 fully saturated rings. The second kappa shape index (κ2) is 5.72. The lowest BCUT2D eigenvalue weighted by Crippen LogP contribution is -2.23. The Hall–Kier alpha value is -1.73. The van der Waals surface area contributed by atoms with Crippen LogP contribution in [0, 0.1) is 6.92 Å². The molecule has 6 nitrogen and oxygen atoms in total. The lowest BCUT2D eigenvalue weighted by molar-refractivity contribution is 0.0701. The molecule has 108 valence electrons. The van der Waals surface area contributed by atoms with E-state index in [9.17, 15) is 15.0 Å². The number of thiophene rings is 1. The molecule has 0 aliphatic carbocycles. The van der Waals surface area contributed by atoms with E-state index in [1.165, 1.54) is 6.33 Å². The predicted octanol–water partition coefficient (Wildman–Crippen LogP) is 1.91. The van der Waals surface area contributed by atoms with Gasteiger partial charge in [-0.3, -0.25) is 0 Å². The van der Waals surface area contributed by atoms with E-state index in [-0.39, 0.29) is 6.10 Å². The van der Waals surface area contributed by atoms with Crippen LogP contribution in [0.2, 0.25) is 0 Å². The molecule has 2 aromatic heterocycles. The van der Waals surface area contributed by atoms with E-state index in [1.54, 1.807) is 13.8 Å². The van der Waals surface area contributed by atoms with Crippen molar-refractivity contribution in [1.29, 1.82) is 0 Å². The fraction of sp³-hybridized carbons (Fsp3) is 0.462. The second-order valence-electron chi connectivity index (χ2n) is 4.80. The van der Waals surface area contributed by atoms with Crippen LogP contribution in [0.25, 0.3) is 10.2 Å². The largest absolute Gasteiger partial charge is 0.477 e. The van der Waals surface area contributed by atoms with Crippen LogP contribution in [-0.2, 0) is 0 Å². The van der Waals surface area contributed by atoms with E-state index >= 15 is 0 Å². The van der Waals surface area contributed by atoms with Gasteiger partial charge in [0.05, 0.1) is 11.5 Å². The number of carboxylic acid groups (broad SMARTS) is 1. The molecule has 2 aromatic rings. The molecule has 7 heteroatoms. The van der Waals surface area contributed by atoms with Gasteiger partial charge in [0.15, 0.2) is 0 Å². The zero-order chi connectivity index (χ0) is 14.9. The zero-order valence-corrected chi connectivity index (χ0v) is 12.4. The number of anilines is 1. The van der Waals surface area contributed by atoms with Gasteiger partial charge in [-0.1, -0.05) is 0 Å². The molecule has 0 radical (unpaired) electrons. The Labute approximate surface area is 120 Å². The van der Waals surface area contributed by atoms with Gasteiger partial charge in [0.1, 0.15) is 21.9 Å². The number of hydrogen-bond donors (Lipinski definition) is 2. The normalized spacial score (nSPS) is 12.6. The van der Waals surface area contributed by atoms with Crippen LogP contribution in [0.1, 0.15) is 28.6 Å². The quantitative estimate of drug-likeness (QED) is 0.876. The number of fused-ring (bicyclic) bond motifs is 1. The van der Waals surface area contributed by atoms with E-state index in [1.807, 2.05) is 11.9 Å². The highest BCUT2D eigenvalue weighted by Crippen LogP contribution is 2.34. The lowest BCUT2D eigenvalue weighted by Gasteiger charge is -2.19. The zero-order valence-electron chi connectivity index (χ0n) is 11.6. The SMILES string of the molecule is Cc1c(C(=O)O)sc2ncnc(N(C)CCC(C)O)c12. The van der Waals surface area contributed by atoms with Crippen molar-refractivity contribution in [2.75, 3.05) is 18.5 Å². The Bertz CT molecular complexity index is 639. The number of nitrogens with zero attached hydrogens (tertiary/aromatic N) is 3. The Balaban J connectivity index is 2.46. The third-order valence-corrected chi connectivity index (χ3v) is 4.33. The number of carbonyl (C=O) groups is 1. The molecule has 0 saturated carbocycles. The van der Waals surface area contributed by atoms with Gasteiger partial charge in [0, 0.05) is 13.6 Å². The molecule has 0 saturated heterocycles. The molecule has 1 atom stereocenters. The molecule has 2 N–H and O–H groups in total. The Morgan fingerprint density at radius 1 is 1.50 bits per heavy atom. The van der Waals surface area contributed by atoms with E-state index in [4.69, 9.17) is 0 Å². The van der Waals surface area contributed by atoms with Crippen LogP contribution in [0.3, 0.4) is 0 Å². The number of rotatable bonds is 5. The summed E-state index contributed by atoms with van der Waals surface area (Å²) in [6.07, 6.45) is 1.68. The van der Waals surface area contributed by atoms with Crippen molar-refractivity contribution < 1.29 is 15.0 Å². The van der Waals surface area contributed by atoms with Gasteiger partial charge in [0.25, 0.3) is 0 Å². The average molecular weight is 295 g/mol. The number of hydrogen-bond acceptors (Lipinski definition) is 6. The fourth-order valence-corrected chi connectivity index (χ4v) is 3.01. The maximum absolute atomic E-state index is 11.2. The summed E-state index contributed by atoms with van der Waals surface area (Å²) in [5.41, 5.74) is 0.692. The Kier molecular flexibility index (Phi) is 4.20. The summed E-state index contributed by atoms with van der Waals surface area (Å²) in [6.45, 7) is 4.15. The number of aromatic carboxylic acids is 1. The van der Waals surface area contributed by atoms with Crippen molar-refractivity contribution in [1.82, 2.24) is 9.97 Å². The van der Waals surface area contributed by atoms with E-state index in [2.05, 4.69) is 9.97 Å². The minimum Gasteiger partial charge on any atom is -0.477 e. The molecule has 20 heavy (non-hydrogen) atoms. The van der Waals surface area contributed by atoms with Crippen LogP contribution in [-0.4, -0.2) is 45.8 Å². The van der Waals surface area contributed by atoms with E-state index in [0.29, 0.717) is 34.1 Å². The minimum absolute atomic E-state index is 0.297. The molecule has 1 unspecified atom stereocenters. The third-order valence-electron chi connectivity index (χ3n) is 3.14. The summed E-state index contributed by atoms with van der Waals surface area (Å²) in [6, 6.07) is 0. The smallest absolute Gasteiger partial charge is 0.346 e. The fourth-order valence-electron chi connectivity index (χ4n) is 2.03. The molecule has 0 aliphatic rings. The van der Waals surface area contributed by atoms with Gasteiger partial charge >= 0.3 is 5.97 Å². The van der Waals surface area contributed by atoms with Gasteiger partial charge in [-0.05, 0) is 25.8 Å². The maximum Gasteiger partial charge on any atom is 0.346 e. The standard InChI is InChI=1S/C13H17N3O3S/c1-7(17)4-5-16(3)11-9-8(2)10(13(18)19)20-12(9)15-6-14-11/h6-7,17H,4-5H2,1-3H3,(H,18,19). The summed E-state index contributed by atoms with van der Waals surface area (Å²) in [4.78, 5) is 22.5. The molecule has 0 aromatic carbocycles. The van der Waals surface area contributed by atoms with Gasteiger partial charge in [-0.2, -0.15) is 0 Å². The maximum atomic E-state index is 11.2. The number of carboxylic acids is 1. The highest BCUT2D eigenvalue weighted by Gasteiger charge is 2.20. The van der Waals surface area contributed by atoms with Crippen molar-refractivity contribution in [3.05, 3.63) is 16.8 Å². The van der Waals surface area contributed by atoms with Crippen LogP contribution in [0.15, 0.2) is 6.33 Å². The van der Waals surface area contributed by atoms with Crippen molar-refractivity contribution in [2.45, 2.75) is 26.4 Å². The van der Waals surface area contributed by atoms with Gasteiger partial charge in [0.2, 0.25) is 0 Å². The molecule has 0 aliphatic heterocycles. The van der Waals surface area contributed by atoms with Gasteiger partial charge in [-0.25, -0.2) is 14.8 Å². The average Bonchev–Trinajstić information content (AvgIpc) is 2.73. The topological polar surface area (TPSA) is 86.5 Å². The van der Waals surface area contributed by atoms with Crippen molar-refractivity contribution >= 4 is 33.3 Å². The first kappa shape index (κ1) is 14.7. The molecule has 2 heterocycles. The second-order valence-corrected chi connectivity index (χ2v) is 5.80. The first-order valence-corrected chi connectivity index (χ1v) is 7.10. The third kappa shape index (κ3) is 2.73. The summed E-state index contributed by atoms with van der Waals surface area (Å²) >= 11 is 1.16. The van der Waals surface area contributed by atoms with Crippen LogP contribution >= 0.6 is 11.3 Å². The Morgan fingerprint density at radius 2 is 2.20 bits per heavy atom. The molecular formula is C13H17N3O3S. The summed E-state index contributed by atoms with van der Waals surface area (Å²) in [5.74, 6) is -0.236. The highest BCUT2D eigenvalue weighted by molar-refractivity contribution is 7.20. The van der Waals surface area contributed by atoms with E-state index < -0.39 is 5.97 Å². The molecule has 0 bridgehead atoms. The first-order valence-electron chi connectivity index (χ1n) is 6.28. The van der Waals surface area contributed by atoms with Crippen LogP contribution < -0.4 is 4.90 Å². The van der Waals surface area contributed by atoms with E-state index in [0.717, 1.165) is 16.7 Å². The molecule has 0 amide bonds. The van der Waals surface area contributed by atoms with Crippen molar-refractivity contribution in [3.8, 4) is 0 Å². The molecule has 0 spiro atoms. The number of aryl methyl sites for hydroxylation is 1. The van der Waals surface area contributed by atoms with Gasteiger partial charge < -0.3 is 15.1 Å². The number of aliphatic hydroxyl groups is 1. The molecular weight excluding hydrogens is 278 g/mol. The highest BCUT2D eigenvalue weighted by atomic mass is 32.1.